The fraction of sp³-hybridized carbons (Fsp3) is 0.667. The maximum absolute atomic E-state index is 11.5. The minimum atomic E-state index is -0.0655. The topological polar surface area (TPSA) is 23.6 Å². The Kier molecular flexibility index (Phi) is 9.70. The van der Waals surface area contributed by atoms with Crippen LogP contribution in [0.1, 0.15) is 13.3 Å². The number of nitrogens with zero attached hydrogens (tertiary/aromatic N) is 2. The van der Waals surface area contributed by atoms with Crippen LogP contribution in [0, 0.1) is 14.0 Å². The molecule has 3 nitrogen and oxygen atoms in total. The van der Waals surface area contributed by atoms with E-state index in [4.69, 9.17) is 0 Å². The van der Waals surface area contributed by atoms with Gasteiger partial charge in [-0.25, -0.2) is 0 Å². The molecule has 0 rings (SSSR count). The van der Waals surface area contributed by atoms with Crippen molar-refractivity contribution < 1.29 is 37.5 Å². The van der Waals surface area contributed by atoms with Crippen LogP contribution in [0.5, 0.6) is 0 Å². The molecule has 1 atom stereocenters. The van der Waals surface area contributed by atoms with Gasteiger partial charge in [0.05, 0.1) is 6.04 Å². The Labute approximate surface area is 107 Å². The summed E-state index contributed by atoms with van der Waals surface area (Å²) in [5, 5.41) is 0. The van der Waals surface area contributed by atoms with E-state index in [0.29, 0.717) is 6.54 Å². The molecule has 0 aliphatic heterocycles. The number of hydrogen-bond acceptors (Lipinski definition) is 2. The van der Waals surface area contributed by atoms with Crippen molar-refractivity contribution in [2.45, 2.75) is 19.4 Å². The van der Waals surface area contributed by atoms with Gasteiger partial charge in [-0.2, -0.15) is 0 Å². The summed E-state index contributed by atoms with van der Waals surface area (Å²) < 4.78 is 0. The monoisotopic (exact) mass is 259 g/mol. The molecule has 0 unspecified atom stereocenters. The van der Waals surface area contributed by atoms with Crippen LogP contribution in [-0.2, 0) is 37.5 Å². The largest absolute Gasteiger partial charge is 0.520 e. The molecule has 0 aliphatic carbocycles. The van der Waals surface area contributed by atoms with Crippen LogP contribution in [0.2, 0.25) is 0 Å². The van der Waals surface area contributed by atoms with Gasteiger partial charge in [0.2, 0.25) is 5.91 Å². The number of carbonyl (C=O) groups is 1. The molecule has 4 heteroatoms. The summed E-state index contributed by atoms with van der Waals surface area (Å²) in [6.07, 6.45) is 0.803. The molecule has 0 aromatic rings. The molecule has 1 radical (unpaired) electrons. The number of likely N-dealkylation sites (N-methyl/N-ethyl adjacent to an activating group) is 1. The molecular formula is C9H18N2OY-2. The van der Waals surface area contributed by atoms with Crippen molar-refractivity contribution in [2.75, 3.05) is 20.6 Å². The first-order chi connectivity index (χ1) is 5.54. The van der Waals surface area contributed by atoms with Crippen LogP contribution in [0.15, 0.2) is 0 Å². The Morgan fingerprint density at radius 3 is 2.15 bits per heavy atom. The van der Waals surface area contributed by atoms with Gasteiger partial charge in [-0.1, -0.05) is 6.92 Å². The smallest absolute Gasteiger partial charge is 0.208 e. The summed E-state index contributed by atoms with van der Waals surface area (Å²) in [6.45, 7) is 6.01. The van der Waals surface area contributed by atoms with Gasteiger partial charge in [-0.3, -0.25) is 16.7 Å². The molecule has 0 saturated heterocycles. The van der Waals surface area contributed by atoms with Crippen LogP contribution in [0.3, 0.4) is 0 Å². The molecule has 1 amide bonds. The maximum atomic E-state index is 11.5. The van der Waals surface area contributed by atoms with Gasteiger partial charge < -0.3 is 11.8 Å². The molecule has 0 heterocycles. The molecule has 0 N–H and O–H groups in total. The van der Waals surface area contributed by atoms with Gasteiger partial charge in [0.1, 0.15) is 0 Å². The van der Waals surface area contributed by atoms with E-state index in [1.807, 2.05) is 25.9 Å². The number of amides is 1. The Bertz CT molecular complexity index is 151. The first-order valence-corrected chi connectivity index (χ1v) is 4.12. The van der Waals surface area contributed by atoms with Crippen LogP contribution >= 0.6 is 0 Å². The summed E-state index contributed by atoms with van der Waals surface area (Å²) in [6, 6.07) is -0.0655. The van der Waals surface area contributed by atoms with Gasteiger partial charge in [0.25, 0.3) is 0 Å². The summed E-state index contributed by atoms with van der Waals surface area (Å²) in [4.78, 5) is 14.8. The quantitative estimate of drug-likeness (QED) is 0.696. The second-order valence-electron chi connectivity index (χ2n) is 2.99. The van der Waals surface area contributed by atoms with Crippen molar-refractivity contribution in [2.24, 2.45) is 0 Å². The molecule has 0 aromatic heterocycles. The van der Waals surface area contributed by atoms with Crippen molar-refractivity contribution in [3.63, 3.8) is 0 Å². The Morgan fingerprint density at radius 1 is 1.46 bits per heavy atom. The summed E-state index contributed by atoms with van der Waals surface area (Å²) >= 11 is 0. The second-order valence-corrected chi connectivity index (χ2v) is 2.99. The first-order valence-electron chi connectivity index (χ1n) is 4.12. The predicted octanol–water partition coefficient (Wildman–Crippen LogP) is 0.778. The van der Waals surface area contributed by atoms with Crippen molar-refractivity contribution in [1.29, 1.82) is 0 Å². The van der Waals surface area contributed by atoms with E-state index in [2.05, 4.69) is 14.0 Å². The van der Waals surface area contributed by atoms with Crippen LogP contribution < -0.4 is 0 Å². The van der Waals surface area contributed by atoms with Crippen LogP contribution in [0.25, 0.3) is 0 Å². The van der Waals surface area contributed by atoms with E-state index < -0.39 is 0 Å². The van der Waals surface area contributed by atoms with E-state index >= 15 is 0 Å². The van der Waals surface area contributed by atoms with Crippen LogP contribution in [-0.4, -0.2) is 42.4 Å². The molecule has 13 heavy (non-hydrogen) atoms. The maximum Gasteiger partial charge on any atom is 0.208 e. The first kappa shape index (κ1) is 16.0. The zero-order valence-electron chi connectivity index (χ0n) is 8.79. The normalized spacial score (nSPS) is 12.2. The minimum absolute atomic E-state index is 0. The number of rotatable bonds is 4. The molecule has 0 fully saturated rings. The average molecular weight is 259 g/mol. The predicted molar refractivity (Wildman–Crippen MR) is 50.2 cm³/mol. The van der Waals surface area contributed by atoms with Crippen molar-refractivity contribution in [3.05, 3.63) is 14.0 Å². The molecule has 0 saturated carbocycles. The second kappa shape index (κ2) is 7.89. The third kappa shape index (κ3) is 5.09. The zero-order valence-corrected chi connectivity index (χ0v) is 11.6. The summed E-state index contributed by atoms with van der Waals surface area (Å²) in [5.41, 5.74) is 0. The Hall–Kier alpha value is 0.534. The van der Waals surface area contributed by atoms with Crippen molar-refractivity contribution in [3.8, 4) is 0 Å². The van der Waals surface area contributed by atoms with Gasteiger partial charge in [-0.15, -0.1) is 6.54 Å². The van der Waals surface area contributed by atoms with Crippen LogP contribution in [0.4, 0.5) is 0 Å². The van der Waals surface area contributed by atoms with E-state index in [9.17, 15) is 4.79 Å². The number of hydrogen-bond donors (Lipinski definition) is 0. The molecule has 0 aliphatic rings. The fourth-order valence-electron chi connectivity index (χ4n) is 1.08. The van der Waals surface area contributed by atoms with Gasteiger partial charge >= 0.3 is 0 Å². The van der Waals surface area contributed by atoms with Gasteiger partial charge in [-0.05, 0) is 20.5 Å². The molecule has 0 spiro atoms. The van der Waals surface area contributed by atoms with E-state index in [1.165, 1.54) is 4.90 Å². The van der Waals surface area contributed by atoms with E-state index in [1.54, 1.807) is 0 Å². The average Bonchev–Trinajstić information content (AvgIpc) is 2.03. The molecular weight excluding hydrogens is 241 g/mol. The van der Waals surface area contributed by atoms with Gasteiger partial charge in [0, 0.05) is 32.7 Å². The third-order valence-corrected chi connectivity index (χ3v) is 1.88. The minimum Gasteiger partial charge on any atom is -0.520 e. The standard InChI is InChI=1S/C9H18N2O.Y/c1-6-8(10(3)4)9(12)11(5)7-2;/h8H,2,5-7H2,1,3-4H3;/q-2;/t8-;/m0./s1. The van der Waals surface area contributed by atoms with Gasteiger partial charge in [0.15, 0.2) is 0 Å². The Morgan fingerprint density at radius 2 is 1.92 bits per heavy atom. The summed E-state index contributed by atoms with van der Waals surface area (Å²) in [5.74, 6) is 0.0394. The Balaban J connectivity index is 0. The summed E-state index contributed by atoms with van der Waals surface area (Å²) in [7, 11) is 7.39. The third-order valence-electron chi connectivity index (χ3n) is 1.88. The fourth-order valence-corrected chi connectivity index (χ4v) is 1.08. The SMILES string of the molecule is [CH2-]CN([CH2-])C(=O)[C@H](CC)N(C)C.[Y]. The van der Waals surface area contributed by atoms with E-state index in [-0.39, 0.29) is 44.7 Å². The zero-order chi connectivity index (χ0) is 9.72. The molecule has 75 valence electrons. The molecule has 0 bridgehead atoms. The molecule has 0 aromatic carbocycles. The van der Waals surface area contributed by atoms with Crippen molar-refractivity contribution >= 4 is 5.91 Å². The number of carbonyl (C=O) groups excluding carboxylic acids is 1. The van der Waals surface area contributed by atoms with Crippen molar-refractivity contribution in [1.82, 2.24) is 9.80 Å². The van der Waals surface area contributed by atoms with E-state index in [0.717, 1.165) is 6.42 Å².